The molecule has 3 fully saturated rings. The van der Waals surface area contributed by atoms with E-state index < -0.39 is 0 Å². The molecule has 2 saturated heterocycles. The fourth-order valence-corrected chi connectivity index (χ4v) is 4.91. The number of nitrogens with zero attached hydrogens (tertiary/aromatic N) is 1. The van der Waals surface area contributed by atoms with Crippen LogP contribution in [0.3, 0.4) is 0 Å². The molecule has 25 heavy (non-hydrogen) atoms. The summed E-state index contributed by atoms with van der Waals surface area (Å²) in [5.41, 5.74) is 0.713. The van der Waals surface area contributed by atoms with Gasteiger partial charge in [-0.2, -0.15) is 0 Å². The molecule has 4 rings (SSSR count). The standard InChI is InChI=1S/C20H26ClNO3/c21-17-5-3-4-16(14-17)20(8-1-2-9-20)19(23)22-10-6-15(7-11-22)18-24-12-13-25-18/h3-5,14-15,18H,1-2,6-13H2. The van der Waals surface area contributed by atoms with Gasteiger partial charge in [-0.05, 0) is 43.4 Å². The summed E-state index contributed by atoms with van der Waals surface area (Å²) in [7, 11) is 0. The number of carbonyl (C=O) groups excluding carboxylic acids is 1. The Morgan fingerprint density at radius 3 is 2.44 bits per heavy atom. The molecule has 0 aromatic heterocycles. The molecule has 1 amide bonds. The maximum Gasteiger partial charge on any atom is 0.233 e. The number of piperidine rings is 1. The lowest BCUT2D eigenvalue weighted by Gasteiger charge is -2.39. The quantitative estimate of drug-likeness (QED) is 0.820. The van der Waals surface area contributed by atoms with Gasteiger partial charge in [0.2, 0.25) is 5.91 Å². The Bertz CT molecular complexity index is 615. The highest BCUT2D eigenvalue weighted by molar-refractivity contribution is 6.30. The minimum atomic E-state index is -0.377. The number of carbonyl (C=O) groups is 1. The molecule has 0 N–H and O–H groups in total. The molecular weight excluding hydrogens is 338 g/mol. The highest BCUT2D eigenvalue weighted by Gasteiger charge is 2.46. The molecule has 0 bridgehead atoms. The Morgan fingerprint density at radius 1 is 1.12 bits per heavy atom. The number of amides is 1. The van der Waals surface area contributed by atoms with Crippen molar-refractivity contribution in [3.8, 4) is 0 Å². The average molecular weight is 364 g/mol. The van der Waals surface area contributed by atoms with Crippen LogP contribution < -0.4 is 0 Å². The predicted octanol–water partition coefficient (Wildman–Crippen LogP) is 3.76. The number of likely N-dealkylation sites (tertiary alicyclic amines) is 1. The molecule has 1 aliphatic carbocycles. The van der Waals surface area contributed by atoms with E-state index >= 15 is 0 Å². The molecule has 136 valence electrons. The van der Waals surface area contributed by atoms with Crippen molar-refractivity contribution in [2.75, 3.05) is 26.3 Å². The summed E-state index contributed by atoms with van der Waals surface area (Å²) in [5.74, 6) is 0.705. The van der Waals surface area contributed by atoms with E-state index in [9.17, 15) is 4.79 Å². The van der Waals surface area contributed by atoms with Crippen LogP contribution in [0.25, 0.3) is 0 Å². The average Bonchev–Trinajstić information content (AvgIpc) is 3.34. The monoisotopic (exact) mass is 363 g/mol. The third-order valence-electron chi connectivity index (χ3n) is 6.10. The van der Waals surface area contributed by atoms with E-state index in [-0.39, 0.29) is 11.7 Å². The zero-order valence-corrected chi connectivity index (χ0v) is 15.3. The molecule has 1 aromatic carbocycles. The lowest BCUT2D eigenvalue weighted by atomic mass is 9.77. The molecule has 1 aromatic rings. The molecule has 0 spiro atoms. The van der Waals surface area contributed by atoms with Crippen molar-refractivity contribution in [3.05, 3.63) is 34.9 Å². The molecular formula is C20H26ClNO3. The summed E-state index contributed by atoms with van der Waals surface area (Å²) in [6.45, 7) is 2.99. The fourth-order valence-electron chi connectivity index (χ4n) is 4.72. The minimum absolute atomic E-state index is 0.0642. The third-order valence-corrected chi connectivity index (χ3v) is 6.34. The van der Waals surface area contributed by atoms with Gasteiger partial charge >= 0.3 is 0 Å². The number of halogens is 1. The van der Waals surface area contributed by atoms with Crippen LogP contribution in [0.15, 0.2) is 24.3 Å². The summed E-state index contributed by atoms with van der Waals surface area (Å²) in [6, 6.07) is 7.90. The van der Waals surface area contributed by atoms with Crippen molar-refractivity contribution >= 4 is 17.5 Å². The van der Waals surface area contributed by atoms with Crippen molar-refractivity contribution in [1.82, 2.24) is 4.90 Å². The smallest absolute Gasteiger partial charge is 0.233 e. The SMILES string of the molecule is O=C(N1CCC(C2OCCO2)CC1)C1(c2cccc(Cl)c2)CCCC1. The van der Waals surface area contributed by atoms with Gasteiger partial charge in [0, 0.05) is 24.0 Å². The van der Waals surface area contributed by atoms with Crippen LogP contribution in [0.2, 0.25) is 5.02 Å². The van der Waals surface area contributed by atoms with Crippen LogP contribution in [-0.4, -0.2) is 43.4 Å². The second-order valence-corrected chi connectivity index (χ2v) is 7.98. The maximum atomic E-state index is 13.5. The number of benzene rings is 1. The topological polar surface area (TPSA) is 38.8 Å². The van der Waals surface area contributed by atoms with Gasteiger partial charge in [-0.1, -0.05) is 36.6 Å². The lowest BCUT2D eigenvalue weighted by molar-refractivity contribution is -0.142. The van der Waals surface area contributed by atoms with Crippen molar-refractivity contribution in [1.29, 1.82) is 0 Å². The van der Waals surface area contributed by atoms with E-state index in [0.29, 0.717) is 30.1 Å². The molecule has 3 aliphatic rings. The van der Waals surface area contributed by atoms with Crippen molar-refractivity contribution in [3.63, 3.8) is 0 Å². The highest BCUT2D eigenvalue weighted by atomic mass is 35.5. The van der Waals surface area contributed by atoms with Crippen LogP contribution in [-0.2, 0) is 19.7 Å². The van der Waals surface area contributed by atoms with Crippen LogP contribution in [0, 0.1) is 5.92 Å². The number of hydrogen-bond acceptors (Lipinski definition) is 3. The van der Waals surface area contributed by atoms with Gasteiger partial charge in [0.25, 0.3) is 0 Å². The van der Waals surface area contributed by atoms with Crippen LogP contribution in [0.1, 0.15) is 44.1 Å². The first-order chi connectivity index (χ1) is 12.2. The first-order valence-corrected chi connectivity index (χ1v) is 9.85. The van der Waals surface area contributed by atoms with Crippen molar-refractivity contribution in [2.24, 2.45) is 5.92 Å². The number of ether oxygens (including phenoxy) is 2. The van der Waals surface area contributed by atoms with E-state index in [1.54, 1.807) is 0 Å². The first-order valence-electron chi connectivity index (χ1n) is 9.48. The summed E-state index contributed by atoms with van der Waals surface area (Å²) in [4.78, 5) is 15.5. The van der Waals surface area contributed by atoms with E-state index in [0.717, 1.165) is 57.2 Å². The van der Waals surface area contributed by atoms with Gasteiger partial charge < -0.3 is 14.4 Å². The zero-order chi connectivity index (χ0) is 17.3. The van der Waals surface area contributed by atoms with Gasteiger partial charge in [0.15, 0.2) is 6.29 Å². The van der Waals surface area contributed by atoms with Gasteiger partial charge in [-0.3, -0.25) is 4.79 Å². The number of hydrogen-bond donors (Lipinski definition) is 0. The third kappa shape index (κ3) is 3.32. The fraction of sp³-hybridized carbons (Fsp3) is 0.650. The molecule has 0 radical (unpaired) electrons. The van der Waals surface area contributed by atoms with Crippen LogP contribution in [0.4, 0.5) is 0 Å². The largest absolute Gasteiger partial charge is 0.350 e. The Morgan fingerprint density at radius 2 is 1.80 bits per heavy atom. The Labute approximate surface area is 154 Å². The molecule has 2 heterocycles. The molecule has 0 atom stereocenters. The first kappa shape index (κ1) is 17.3. The van der Waals surface area contributed by atoms with Crippen LogP contribution in [0.5, 0.6) is 0 Å². The minimum Gasteiger partial charge on any atom is -0.350 e. The van der Waals surface area contributed by atoms with E-state index in [1.807, 2.05) is 18.2 Å². The zero-order valence-electron chi connectivity index (χ0n) is 14.6. The summed E-state index contributed by atoms with van der Waals surface area (Å²) < 4.78 is 11.3. The van der Waals surface area contributed by atoms with Crippen molar-refractivity contribution in [2.45, 2.75) is 50.2 Å². The highest BCUT2D eigenvalue weighted by Crippen LogP contribution is 2.44. The predicted molar refractivity (Wildman–Crippen MR) is 96.6 cm³/mol. The van der Waals surface area contributed by atoms with Gasteiger partial charge in [-0.25, -0.2) is 0 Å². The summed E-state index contributed by atoms with van der Waals surface area (Å²) in [5, 5.41) is 0.714. The van der Waals surface area contributed by atoms with E-state index in [4.69, 9.17) is 21.1 Å². The summed E-state index contributed by atoms with van der Waals surface area (Å²) >= 11 is 6.21. The maximum absolute atomic E-state index is 13.5. The van der Waals surface area contributed by atoms with Crippen LogP contribution >= 0.6 is 11.6 Å². The molecule has 0 unspecified atom stereocenters. The van der Waals surface area contributed by atoms with Gasteiger partial charge in [0.1, 0.15) is 0 Å². The van der Waals surface area contributed by atoms with E-state index in [1.165, 1.54) is 0 Å². The van der Waals surface area contributed by atoms with E-state index in [2.05, 4.69) is 11.0 Å². The molecule has 1 saturated carbocycles. The second kappa shape index (κ2) is 7.26. The normalized spacial score (nSPS) is 24.8. The molecule has 4 nitrogen and oxygen atoms in total. The van der Waals surface area contributed by atoms with Crippen molar-refractivity contribution < 1.29 is 14.3 Å². The van der Waals surface area contributed by atoms with Gasteiger partial charge in [0.05, 0.1) is 18.6 Å². The Kier molecular flexibility index (Phi) is 5.03. The number of rotatable bonds is 3. The van der Waals surface area contributed by atoms with Gasteiger partial charge in [-0.15, -0.1) is 0 Å². The summed E-state index contributed by atoms with van der Waals surface area (Å²) in [6.07, 6.45) is 5.94. The molecule has 5 heteroatoms. The second-order valence-electron chi connectivity index (χ2n) is 7.54. The Balaban J connectivity index is 1.48. The Hall–Kier alpha value is -1.10. The molecule has 2 aliphatic heterocycles. The lowest BCUT2D eigenvalue weighted by Crippen LogP contribution is -2.49.